The number of nitrogens with zero attached hydrogens (tertiary/aromatic N) is 3. The Kier molecular flexibility index (Phi) is 3.99. The summed E-state index contributed by atoms with van der Waals surface area (Å²) in [7, 11) is 1.69. The van der Waals surface area contributed by atoms with Crippen LogP contribution in [0.5, 0.6) is 5.75 Å². The Hall–Kier alpha value is -3.37. The molecule has 0 atom stereocenters. The van der Waals surface area contributed by atoms with Crippen LogP contribution in [-0.4, -0.2) is 21.6 Å². The van der Waals surface area contributed by atoms with Crippen LogP contribution in [0, 0.1) is 0 Å². The molecular weight excluding hydrogens is 370 g/mol. The number of hydrogen-bond acceptors (Lipinski definition) is 3. The van der Waals surface area contributed by atoms with Crippen molar-refractivity contribution in [2.75, 3.05) is 7.11 Å². The molecule has 5 aromatic rings. The molecule has 3 aromatic carbocycles. The van der Waals surface area contributed by atoms with Gasteiger partial charge in [-0.3, -0.25) is 9.55 Å². The largest absolute Gasteiger partial charge is 0.496 e. The van der Waals surface area contributed by atoms with Gasteiger partial charge in [0.15, 0.2) is 0 Å². The summed E-state index contributed by atoms with van der Waals surface area (Å²) in [6.07, 6.45) is 3.59. The van der Waals surface area contributed by atoms with Gasteiger partial charge in [0.2, 0.25) is 0 Å². The molecule has 0 fully saturated rings. The Bertz CT molecular complexity index is 1330. The highest BCUT2D eigenvalue weighted by atomic mass is 35.5. The van der Waals surface area contributed by atoms with Gasteiger partial charge in [0.05, 0.1) is 35.1 Å². The molecule has 0 spiro atoms. The number of aromatic nitrogens is 3. The highest BCUT2D eigenvalue weighted by Gasteiger charge is 2.13. The summed E-state index contributed by atoms with van der Waals surface area (Å²) in [6, 6.07) is 22.0. The molecular formula is C23H16ClN3O. The Balaban J connectivity index is 1.82. The van der Waals surface area contributed by atoms with E-state index in [0.717, 1.165) is 44.5 Å². The minimum Gasteiger partial charge on any atom is -0.496 e. The molecule has 2 aromatic heterocycles. The number of fused-ring (bicyclic) bond motifs is 3. The summed E-state index contributed by atoms with van der Waals surface area (Å²) in [5, 5.41) is 1.69. The van der Waals surface area contributed by atoms with Crippen LogP contribution in [0.25, 0.3) is 38.8 Å². The second kappa shape index (κ2) is 6.66. The van der Waals surface area contributed by atoms with Crippen molar-refractivity contribution >= 4 is 33.5 Å². The third kappa shape index (κ3) is 2.62. The van der Waals surface area contributed by atoms with Gasteiger partial charge < -0.3 is 4.74 Å². The molecule has 0 amide bonds. The lowest BCUT2D eigenvalue weighted by Gasteiger charge is -2.11. The average molecular weight is 386 g/mol. The molecule has 0 aliphatic heterocycles. The molecule has 0 saturated carbocycles. The molecule has 0 bridgehead atoms. The van der Waals surface area contributed by atoms with Crippen molar-refractivity contribution in [1.82, 2.24) is 14.5 Å². The molecule has 5 heteroatoms. The van der Waals surface area contributed by atoms with Gasteiger partial charge in [-0.25, -0.2) is 4.98 Å². The molecule has 0 saturated heterocycles. The first kappa shape index (κ1) is 16.8. The summed E-state index contributed by atoms with van der Waals surface area (Å²) >= 11 is 6.45. The Labute approximate surface area is 167 Å². The lowest BCUT2D eigenvalue weighted by atomic mass is 10.0. The van der Waals surface area contributed by atoms with Gasteiger partial charge in [-0.2, -0.15) is 0 Å². The lowest BCUT2D eigenvalue weighted by molar-refractivity contribution is 0.416. The van der Waals surface area contributed by atoms with E-state index >= 15 is 0 Å². The zero-order valence-corrected chi connectivity index (χ0v) is 15.9. The van der Waals surface area contributed by atoms with Gasteiger partial charge in [-0.1, -0.05) is 48.0 Å². The smallest absolute Gasteiger partial charge is 0.126 e. The second-order valence-corrected chi connectivity index (χ2v) is 6.90. The zero-order chi connectivity index (χ0) is 19.1. The van der Waals surface area contributed by atoms with Crippen LogP contribution in [0.1, 0.15) is 0 Å². The number of benzene rings is 3. The number of rotatable bonds is 3. The quantitative estimate of drug-likeness (QED) is 0.388. The summed E-state index contributed by atoms with van der Waals surface area (Å²) < 4.78 is 7.56. The third-order valence-corrected chi connectivity index (χ3v) is 5.22. The van der Waals surface area contributed by atoms with Gasteiger partial charge in [-0.05, 0) is 35.9 Å². The van der Waals surface area contributed by atoms with Crippen molar-refractivity contribution in [3.05, 3.63) is 84.3 Å². The highest BCUT2D eigenvalue weighted by Crippen LogP contribution is 2.34. The normalized spacial score (nSPS) is 11.2. The number of halogens is 1. The molecule has 0 aliphatic carbocycles. The summed E-state index contributed by atoms with van der Waals surface area (Å²) in [4.78, 5) is 9.12. The van der Waals surface area contributed by atoms with Crippen LogP contribution in [0.3, 0.4) is 0 Å². The monoisotopic (exact) mass is 385 g/mol. The van der Waals surface area contributed by atoms with Gasteiger partial charge in [-0.15, -0.1) is 0 Å². The first-order valence-electron chi connectivity index (χ1n) is 8.90. The zero-order valence-electron chi connectivity index (χ0n) is 15.1. The van der Waals surface area contributed by atoms with Crippen LogP contribution < -0.4 is 4.74 Å². The topological polar surface area (TPSA) is 39.9 Å². The maximum absolute atomic E-state index is 6.45. The predicted octanol–water partition coefficient (Wildman–Crippen LogP) is 5.90. The Morgan fingerprint density at radius 3 is 2.57 bits per heavy atom. The number of methoxy groups -OCH3 is 1. The molecule has 0 radical (unpaired) electrons. The second-order valence-electron chi connectivity index (χ2n) is 6.49. The highest BCUT2D eigenvalue weighted by molar-refractivity contribution is 6.32. The van der Waals surface area contributed by atoms with Crippen molar-refractivity contribution in [2.24, 2.45) is 0 Å². The van der Waals surface area contributed by atoms with Gasteiger partial charge in [0, 0.05) is 10.9 Å². The van der Waals surface area contributed by atoms with Gasteiger partial charge in [0.1, 0.15) is 17.6 Å². The van der Waals surface area contributed by atoms with E-state index in [2.05, 4.69) is 28.2 Å². The van der Waals surface area contributed by atoms with Crippen LogP contribution >= 0.6 is 11.6 Å². The fourth-order valence-corrected chi connectivity index (χ4v) is 3.80. The first-order valence-corrected chi connectivity index (χ1v) is 9.28. The standard InChI is InChI=1S/C23H16ClN3O/c1-28-22-9-5-2-6-16(22)15-10-11-19-17(12-15)23-20(13-25-19)26-14-27(23)21-8-4-3-7-18(21)24/h2-14H,1H3. The number of hydrogen-bond donors (Lipinski definition) is 0. The van der Waals surface area contributed by atoms with Crippen molar-refractivity contribution in [3.8, 4) is 22.6 Å². The van der Waals surface area contributed by atoms with E-state index in [1.54, 1.807) is 19.6 Å². The molecule has 2 heterocycles. The van der Waals surface area contributed by atoms with E-state index in [1.165, 1.54) is 0 Å². The number of ether oxygens (including phenoxy) is 1. The minimum atomic E-state index is 0.674. The third-order valence-electron chi connectivity index (χ3n) is 4.90. The molecule has 0 aliphatic rings. The van der Waals surface area contributed by atoms with E-state index in [-0.39, 0.29) is 0 Å². The van der Waals surface area contributed by atoms with Crippen LogP contribution in [0.2, 0.25) is 5.02 Å². The number of imidazole rings is 1. The van der Waals surface area contributed by atoms with Gasteiger partial charge in [0.25, 0.3) is 0 Å². The maximum atomic E-state index is 6.45. The van der Waals surface area contributed by atoms with Crippen molar-refractivity contribution in [1.29, 1.82) is 0 Å². The van der Waals surface area contributed by atoms with E-state index < -0.39 is 0 Å². The molecule has 4 nitrogen and oxygen atoms in total. The first-order chi connectivity index (χ1) is 13.8. The lowest BCUT2D eigenvalue weighted by Crippen LogP contribution is -1.94. The van der Waals surface area contributed by atoms with E-state index in [0.29, 0.717) is 5.02 Å². The van der Waals surface area contributed by atoms with Crippen molar-refractivity contribution < 1.29 is 4.74 Å². The Morgan fingerprint density at radius 1 is 0.893 bits per heavy atom. The summed E-state index contributed by atoms with van der Waals surface area (Å²) in [6.45, 7) is 0. The molecule has 28 heavy (non-hydrogen) atoms. The van der Waals surface area contributed by atoms with Crippen LogP contribution in [-0.2, 0) is 0 Å². The van der Waals surface area contributed by atoms with Crippen molar-refractivity contribution in [3.63, 3.8) is 0 Å². The molecule has 136 valence electrons. The van der Waals surface area contributed by atoms with Crippen LogP contribution in [0.4, 0.5) is 0 Å². The number of para-hydroxylation sites is 2. The fourth-order valence-electron chi connectivity index (χ4n) is 3.57. The SMILES string of the molecule is COc1ccccc1-c1ccc2ncc3ncn(-c4ccccc4Cl)c3c2c1. The molecule has 0 unspecified atom stereocenters. The summed E-state index contributed by atoms with van der Waals surface area (Å²) in [5.41, 5.74) is 5.69. The molecule has 5 rings (SSSR count). The molecule has 0 N–H and O–H groups in total. The van der Waals surface area contributed by atoms with Crippen LogP contribution in [0.15, 0.2) is 79.3 Å². The predicted molar refractivity (Wildman–Crippen MR) is 113 cm³/mol. The average Bonchev–Trinajstić information content (AvgIpc) is 3.18. The van der Waals surface area contributed by atoms with E-state index in [1.807, 2.05) is 53.1 Å². The van der Waals surface area contributed by atoms with Crippen molar-refractivity contribution in [2.45, 2.75) is 0 Å². The fraction of sp³-hybridized carbons (Fsp3) is 0.0435. The van der Waals surface area contributed by atoms with Gasteiger partial charge >= 0.3 is 0 Å². The minimum absolute atomic E-state index is 0.674. The summed E-state index contributed by atoms with van der Waals surface area (Å²) in [5.74, 6) is 0.835. The number of pyridine rings is 1. The van der Waals surface area contributed by atoms with E-state index in [4.69, 9.17) is 16.3 Å². The van der Waals surface area contributed by atoms with E-state index in [9.17, 15) is 0 Å². The maximum Gasteiger partial charge on any atom is 0.126 e. The Morgan fingerprint density at radius 2 is 1.71 bits per heavy atom.